The third-order valence-corrected chi connectivity index (χ3v) is 2.38. The summed E-state index contributed by atoms with van der Waals surface area (Å²) in [5, 5.41) is 3.49. The van der Waals surface area contributed by atoms with E-state index in [9.17, 15) is 0 Å². The van der Waals surface area contributed by atoms with Crippen molar-refractivity contribution in [1.29, 1.82) is 0 Å². The van der Waals surface area contributed by atoms with Crippen LogP contribution in [0.15, 0.2) is 17.5 Å². The summed E-state index contributed by atoms with van der Waals surface area (Å²) in [6, 6.07) is 0. The molecule has 3 atom stereocenters. The summed E-state index contributed by atoms with van der Waals surface area (Å²) < 4.78 is 16.7. The molecular weight excluding hydrogens is 198 g/mol. The first kappa shape index (κ1) is 10.3. The van der Waals surface area contributed by atoms with Crippen LogP contribution in [-0.4, -0.2) is 30.6 Å². The molecule has 0 aliphatic carbocycles. The normalized spacial score (nSPS) is 36.5. The summed E-state index contributed by atoms with van der Waals surface area (Å²) in [5.41, 5.74) is 8.25. The average Bonchev–Trinajstić information content (AvgIpc) is 2.49. The van der Waals surface area contributed by atoms with Crippen molar-refractivity contribution >= 4 is 0 Å². The van der Waals surface area contributed by atoms with Crippen molar-refractivity contribution in [2.45, 2.75) is 37.9 Å². The van der Waals surface area contributed by atoms with E-state index < -0.39 is 5.79 Å². The predicted octanol–water partition coefficient (Wildman–Crippen LogP) is 1.73. The molecule has 0 amide bonds. The minimum atomic E-state index is -0.609. The lowest BCUT2D eigenvalue weighted by atomic mass is 10.1. The molecule has 2 aliphatic heterocycles. The van der Waals surface area contributed by atoms with E-state index in [0.717, 1.165) is 0 Å². The molecule has 0 aromatic rings. The second-order valence-electron chi connectivity index (χ2n) is 3.98. The van der Waals surface area contributed by atoms with Gasteiger partial charge in [0.1, 0.15) is 18.3 Å². The van der Waals surface area contributed by atoms with Gasteiger partial charge in [-0.15, -0.1) is 0 Å². The smallest absolute Gasteiger partial charge is 0.164 e. The van der Waals surface area contributed by atoms with Crippen molar-refractivity contribution in [3.63, 3.8) is 0 Å². The van der Waals surface area contributed by atoms with Gasteiger partial charge in [-0.05, 0) is 25.5 Å². The van der Waals surface area contributed by atoms with E-state index in [4.69, 9.17) is 19.7 Å². The molecule has 82 valence electrons. The average molecular weight is 211 g/mol. The number of azide groups is 1. The Hall–Kier alpha value is -1.23. The van der Waals surface area contributed by atoms with Gasteiger partial charge in [-0.25, -0.2) is 0 Å². The molecule has 15 heavy (non-hydrogen) atoms. The maximum atomic E-state index is 8.25. The summed E-state index contributed by atoms with van der Waals surface area (Å²) in [6.07, 6.45) is 2.80. The van der Waals surface area contributed by atoms with Gasteiger partial charge in [-0.1, -0.05) is 5.11 Å². The Morgan fingerprint density at radius 3 is 3.00 bits per heavy atom. The monoisotopic (exact) mass is 211 g/mol. The molecule has 2 rings (SSSR count). The molecule has 6 heteroatoms. The van der Waals surface area contributed by atoms with Crippen LogP contribution in [0.1, 0.15) is 13.8 Å². The molecule has 0 radical (unpaired) electrons. The zero-order valence-electron chi connectivity index (χ0n) is 8.66. The van der Waals surface area contributed by atoms with Gasteiger partial charge in [-0.3, -0.25) is 0 Å². The van der Waals surface area contributed by atoms with E-state index in [1.807, 2.05) is 19.9 Å². The third kappa shape index (κ3) is 2.07. The fraction of sp³-hybridized carbons (Fsp3) is 0.778. The first-order valence-corrected chi connectivity index (χ1v) is 4.81. The van der Waals surface area contributed by atoms with Crippen LogP contribution in [0.4, 0.5) is 0 Å². The highest BCUT2D eigenvalue weighted by Crippen LogP contribution is 2.33. The van der Waals surface area contributed by atoms with Crippen molar-refractivity contribution in [3.05, 3.63) is 22.8 Å². The molecule has 0 bridgehead atoms. The topological polar surface area (TPSA) is 76.5 Å². The maximum Gasteiger partial charge on any atom is 0.164 e. The van der Waals surface area contributed by atoms with Gasteiger partial charge in [0.2, 0.25) is 0 Å². The molecule has 2 aliphatic rings. The van der Waals surface area contributed by atoms with Crippen molar-refractivity contribution in [3.8, 4) is 0 Å². The quantitative estimate of drug-likeness (QED) is 0.396. The molecule has 1 unspecified atom stereocenters. The Labute approximate surface area is 87.4 Å². The second-order valence-corrected chi connectivity index (χ2v) is 3.98. The predicted molar refractivity (Wildman–Crippen MR) is 51.9 cm³/mol. The molecule has 0 aromatic heterocycles. The molecule has 6 nitrogen and oxygen atoms in total. The zero-order valence-corrected chi connectivity index (χ0v) is 8.66. The van der Waals surface area contributed by atoms with E-state index in [1.165, 1.54) is 0 Å². The minimum Gasteiger partial charge on any atom is -0.495 e. The molecule has 0 N–H and O–H groups in total. The van der Waals surface area contributed by atoms with Gasteiger partial charge in [0, 0.05) is 4.91 Å². The Balaban J connectivity index is 2.10. The lowest BCUT2D eigenvalue weighted by molar-refractivity contribution is -0.151. The van der Waals surface area contributed by atoms with E-state index in [-0.39, 0.29) is 24.9 Å². The summed E-state index contributed by atoms with van der Waals surface area (Å²) >= 11 is 0. The highest BCUT2D eigenvalue weighted by molar-refractivity contribution is 5.03. The second kappa shape index (κ2) is 3.73. The summed E-state index contributed by atoms with van der Waals surface area (Å²) in [6.45, 7) is 3.95. The standard InChI is InChI=1S/C9H13N3O3/c1-9(2)14-6-3-4-13-7(5-11-12-10)8(6)15-9/h3-4,6-8H,5H2,1-2H3/t6-,7-,8?/m1/s1. The lowest BCUT2D eigenvalue weighted by Crippen LogP contribution is -2.40. The minimum absolute atomic E-state index is 0.118. The summed E-state index contributed by atoms with van der Waals surface area (Å²) in [5.74, 6) is -0.609. The van der Waals surface area contributed by atoms with E-state index in [0.29, 0.717) is 0 Å². The van der Waals surface area contributed by atoms with Gasteiger partial charge in [0.25, 0.3) is 0 Å². The zero-order chi connectivity index (χ0) is 10.9. The largest absolute Gasteiger partial charge is 0.495 e. The van der Waals surface area contributed by atoms with E-state index in [2.05, 4.69) is 10.0 Å². The lowest BCUT2D eigenvalue weighted by Gasteiger charge is -2.26. The van der Waals surface area contributed by atoms with Crippen molar-refractivity contribution in [1.82, 2.24) is 0 Å². The highest BCUT2D eigenvalue weighted by atomic mass is 16.8. The van der Waals surface area contributed by atoms with Crippen LogP contribution < -0.4 is 0 Å². The van der Waals surface area contributed by atoms with Crippen LogP contribution in [0.5, 0.6) is 0 Å². The van der Waals surface area contributed by atoms with Crippen molar-refractivity contribution < 1.29 is 14.2 Å². The number of fused-ring (bicyclic) bond motifs is 1. The molecule has 2 heterocycles. The molecular formula is C9H13N3O3. The number of hydrogen-bond acceptors (Lipinski definition) is 4. The van der Waals surface area contributed by atoms with Crippen LogP contribution in [0.25, 0.3) is 10.4 Å². The summed E-state index contributed by atoms with van der Waals surface area (Å²) in [4.78, 5) is 2.70. The third-order valence-electron chi connectivity index (χ3n) is 2.38. The number of hydrogen-bond donors (Lipinski definition) is 0. The molecule has 1 fully saturated rings. The Morgan fingerprint density at radius 1 is 1.47 bits per heavy atom. The van der Waals surface area contributed by atoms with Crippen molar-refractivity contribution in [2.75, 3.05) is 6.54 Å². The molecule has 0 spiro atoms. The van der Waals surface area contributed by atoms with E-state index >= 15 is 0 Å². The molecule has 1 saturated heterocycles. The van der Waals surface area contributed by atoms with Gasteiger partial charge >= 0.3 is 0 Å². The first-order valence-electron chi connectivity index (χ1n) is 4.81. The van der Waals surface area contributed by atoms with Gasteiger partial charge in [0.05, 0.1) is 12.8 Å². The fourth-order valence-electron chi connectivity index (χ4n) is 1.82. The first-order chi connectivity index (χ1) is 7.12. The van der Waals surface area contributed by atoms with E-state index in [1.54, 1.807) is 6.26 Å². The Kier molecular flexibility index (Phi) is 2.56. The Morgan fingerprint density at radius 2 is 2.27 bits per heavy atom. The molecule has 0 aromatic carbocycles. The van der Waals surface area contributed by atoms with Gasteiger partial charge in [0.15, 0.2) is 5.79 Å². The highest BCUT2D eigenvalue weighted by Gasteiger charge is 2.46. The SMILES string of the molecule is CC1(C)OC2[C@@H](C=CO[C@@H]2CN=[N+]=[N-])O1. The molecule has 0 saturated carbocycles. The van der Waals surface area contributed by atoms with Crippen LogP contribution in [-0.2, 0) is 14.2 Å². The van der Waals surface area contributed by atoms with Crippen LogP contribution in [0.3, 0.4) is 0 Å². The van der Waals surface area contributed by atoms with Gasteiger partial charge in [-0.2, -0.15) is 0 Å². The van der Waals surface area contributed by atoms with Crippen LogP contribution in [0, 0.1) is 0 Å². The van der Waals surface area contributed by atoms with Gasteiger partial charge < -0.3 is 14.2 Å². The van der Waals surface area contributed by atoms with Crippen LogP contribution >= 0.6 is 0 Å². The Bertz CT molecular complexity index is 323. The fourth-order valence-corrected chi connectivity index (χ4v) is 1.82. The number of ether oxygens (including phenoxy) is 3. The number of nitrogens with zero attached hydrogens (tertiary/aromatic N) is 3. The summed E-state index contributed by atoms with van der Waals surface area (Å²) in [7, 11) is 0. The number of rotatable bonds is 2. The van der Waals surface area contributed by atoms with Crippen molar-refractivity contribution in [2.24, 2.45) is 5.11 Å². The van der Waals surface area contributed by atoms with Crippen LogP contribution in [0.2, 0.25) is 0 Å². The maximum absolute atomic E-state index is 8.25.